The summed E-state index contributed by atoms with van der Waals surface area (Å²) in [5, 5.41) is 5.94. The van der Waals surface area contributed by atoms with Crippen LogP contribution in [0, 0.1) is 0 Å². The van der Waals surface area contributed by atoms with Crippen molar-refractivity contribution in [3.05, 3.63) is 35.4 Å². The van der Waals surface area contributed by atoms with Gasteiger partial charge in [0.1, 0.15) is 6.61 Å². The van der Waals surface area contributed by atoms with Gasteiger partial charge in [0.2, 0.25) is 19.2 Å². The first-order valence-electron chi connectivity index (χ1n) is 22.0. The van der Waals surface area contributed by atoms with E-state index in [0.29, 0.717) is 44.4 Å². The summed E-state index contributed by atoms with van der Waals surface area (Å²) in [6, 6.07) is 3.97. The van der Waals surface area contributed by atoms with Gasteiger partial charge in [-0.1, -0.05) is 5.16 Å². The Bertz CT molecular complexity index is 2600. The zero-order chi connectivity index (χ0) is 49.1. The third-order valence-electron chi connectivity index (χ3n) is 12.4. The molecule has 4 amide bonds. The van der Waals surface area contributed by atoms with Crippen LogP contribution in [0.4, 0.5) is 11.4 Å². The van der Waals surface area contributed by atoms with Crippen molar-refractivity contribution in [3.63, 3.8) is 0 Å². The highest BCUT2D eigenvalue weighted by molar-refractivity contribution is 7.86. The second-order valence-electron chi connectivity index (χ2n) is 17.0. The van der Waals surface area contributed by atoms with Crippen LogP contribution in [-0.4, -0.2) is 169 Å². The Morgan fingerprint density at radius 2 is 1.31 bits per heavy atom. The number of likely N-dealkylation sites (tertiary alicyclic amines) is 1. The number of amides is 4. The highest BCUT2D eigenvalue weighted by atomic mass is 32.2. The number of hydrogen-bond donors (Lipinski definition) is 6. The SMILES string of the molecule is COc1cc2c(cc1OCCCCCOc1cc3c(cc1OC)C(=O)N1C/C(=N/OCCCP(=O)(O)CCCN4C(=O)CC(S)C4=O)C[C@H]1C(S(=O)(=O)O)N3)NC(S(=O)(=O)O)[C@@H]1CCCN1C2=O. The number of anilines is 2. The molecule has 4 unspecified atom stereocenters. The van der Waals surface area contributed by atoms with Crippen LogP contribution in [0.15, 0.2) is 29.4 Å². The molecule has 23 nitrogen and oxygen atoms in total. The maximum absolute atomic E-state index is 14.0. The first-order valence-corrected chi connectivity index (χ1v) is 27.5. The number of carbonyl (C=O) groups excluding carboxylic acids is 4. The fraction of sp³-hybridized carbons (Fsp3) is 0.585. The molecule has 7 rings (SSSR count). The van der Waals surface area contributed by atoms with Crippen LogP contribution in [0.1, 0.15) is 78.5 Å². The number of oxime groups is 1. The van der Waals surface area contributed by atoms with Crippen LogP contribution in [0.5, 0.6) is 23.0 Å². The number of unbranched alkanes of at least 4 members (excludes halogenated alkanes) is 2. The lowest BCUT2D eigenvalue weighted by molar-refractivity contribution is -0.138. The fourth-order valence-corrected chi connectivity index (χ4v) is 12.7. The summed E-state index contributed by atoms with van der Waals surface area (Å²) in [6.45, 7) is 0.567. The van der Waals surface area contributed by atoms with Gasteiger partial charge in [0, 0.05) is 50.4 Å². The van der Waals surface area contributed by atoms with Gasteiger partial charge in [-0.25, -0.2) is 0 Å². The zero-order valence-corrected chi connectivity index (χ0v) is 40.7. The number of methoxy groups -OCH3 is 2. The summed E-state index contributed by atoms with van der Waals surface area (Å²) < 4.78 is 106. The normalized spacial score (nSPS) is 24.0. The molecule has 3 fully saturated rings. The van der Waals surface area contributed by atoms with Gasteiger partial charge in [-0.2, -0.15) is 29.5 Å². The smallest absolute Gasteiger partial charge is 0.288 e. The monoisotopic (exact) mass is 1030 g/mol. The molecular formula is C41H55N6O17PS3. The Morgan fingerprint density at radius 1 is 0.750 bits per heavy atom. The third kappa shape index (κ3) is 11.4. The Balaban J connectivity index is 0.905. The third-order valence-corrected chi connectivity index (χ3v) is 17.0. The summed E-state index contributed by atoms with van der Waals surface area (Å²) >= 11 is 4.07. The molecule has 0 spiro atoms. The van der Waals surface area contributed by atoms with Crippen molar-refractivity contribution in [2.75, 3.05) is 76.6 Å². The lowest BCUT2D eigenvalue weighted by Gasteiger charge is -2.27. The van der Waals surface area contributed by atoms with Crippen LogP contribution in [-0.2, 0) is 39.2 Å². The molecule has 5 N–H and O–H groups in total. The summed E-state index contributed by atoms with van der Waals surface area (Å²) in [5.74, 6) is -0.832. The summed E-state index contributed by atoms with van der Waals surface area (Å²) in [4.78, 5) is 70.9. The Morgan fingerprint density at radius 3 is 1.85 bits per heavy atom. The number of nitrogens with zero attached hydrogens (tertiary/aromatic N) is 4. The first kappa shape index (κ1) is 51.0. The van der Waals surface area contributed by atoms with Gasteiger partial charge in [0.25, 0.3) is 32.1 Å². The van der Waals surface area contributed by atoms with Gasteiger partial charge in [0.15, 0.2) is 33.7 Å². The molecule has 0 aromatic heterocycles. The van der Waals surface area contributed by atoms with E-state index in [9.17, 15) is 54.6 Å². The van der Waals surface area contributed by atoms with Crippen molar-refractivity contribution in [2.45, 2.75) is 85.9 Å². The number of benzene rings is 2. The molecule has 374 valence electrons. The van der Waals surface area contributed by atoms with Gasteiger partial charge in [-0.05, 0) is 57.1 Å². The molecular weight excluding hydrogens is 976 g/mol. The average Bonchev–Trinajstić information content (AvgIpc) is 3.96. The van der Waals surface area contributed by atoms with E-state index in [1.807, 2.05) is 0 Å². The molecule has 3 saturated heterocycles. The Kier molecular flexibility index (Phi) is 15.8. The van der Waals surface area contributed by atoms with E-state index >= 15 is 0 Å². The van der Waals surface area contributed by atoms with Crippen LogP contribution < -0.4 is 29.6 Å². The molecule has 2 aromatic carbocycles. The van der Waals surface area contributed by atoms with Crippen molar-refractivity contribution in [2.24, 2.45) is 5.16 Å². The zero-order valence-electron chi connectivity index (χ0n) is 37.3. The van der Waals surface area contributed by atoms with E-state index in [1.54, 1.807) is 0 Å². The number of rotatable bonds is 21. The second-order valence-corrected chi connectivity index (χ2v) is 23.3. The maximum atomic E-state index is 14.0. The van der Waals surface area contributed by atoms with E-state index in [4.69, 9.17) is 23.8 Å². The van der Waals surface area contributed by atoms with Gasteiger partial charge >= 0.3 is 0 Å². The number of carbonyl (C=O) groups is 4. The minimum absolute atomic E-state index is 0.00234. The topological polar surface area (TPSA) is 307 Å². The predicted octanol–water partition coefficient (Wildman–Crippen LogP) is 2.91. The number of hydrogen-bond acceptors (Lipinski definition) is 18. The minimum Gasteiger partial charge on any atom is -0.493 e. The minimum atomic E-state index is -4.81. The molecule has 68 heavy (non-hydrogen) atoms. The fourth-order valence-electron chi connectivity index (χ4n) is 9.01. The summed E-state index contributed by atoms with van der Waals surface area (Å²) in [5.41, 5.74) is 0.811. The molecule has 0 aliphatic carbocycles. The molecule has 0 bridgehead atoms. The van der Waals surface area contributed by atoms with Crippen molar-refractivity contribution in [1.29, 1.82) is 0 Å². The molecule has 5 aliphatic rings. The molecule has 2 aromatic rings. The van der Waals surface area contributed by atoms with Crippen LogP contribution in [0.25, 0.3) is 0 Å². The average molecular weight is 1030 g/mol. The van der Waals surface area contributed by atoms with E-state index in [2.05, 4.69) is 28.4 Å². The summed E-state index contributed by atoms with van der Waals surface area (Å²) in [6.07, 6.45) is 2.66. The highest BCUT2D eigenvalue weighted by Crippen LogP contribution is 2.43. The predicted molar refractivity (Wildman–Crippen MR) is 249 cm³/mol. The van der Waals surface area contributed by atoms with E-state index in [1.165, 1.54) is 48.3 Å². The number of thiol groups is 1. The first-order chi connectivity index (χ1) is 32.2. The Hall–Kier alpha value is -4.85. The van der Waals surface area contributed by atoms with E-state index < -0.39 is 67.5 Å². The number of nitrogens with one attached hydrogen (secondary N) is 2. The van der Waals surface area contributed by atoms with Crippen LogP contribution >= 0.6 is 20.0 Å². The molecule has 6 atom stereocenters. The number of imide groups is 1. The summed E-state index contributed by atoms with van der Waals surface area (Å²) in [7, 11) is -10.2. The Labute approximate surface area is 398 Å². The van der Waals surface area contributed by atoms with Gasteiger partial charge < -0.3 is 49.1 Å². The van der Waals surface area contributed by atoms with E-state index in [0.717, 1.165) is 4.90 Å². The van der Waals surface area contributed by atoms with Crippen LogP contribution in [0.3, 0.4) is 0 Å². The van der Waals surface area contributed by atoms with Crippen LogP contribution in [0.2, 0.25) is 0 Å². The molecule has 0 radical (unpaired) electrons. The standard InChI is InChI=1S/C41H55N6O17PS3/c1-60-31-18-25-27(42-37(67(54,55)56)29-9-6-10-45(29)39(25)49)20-33(31)62-12-4-3-5-13-63-34-21-28-26(19-32(34)61-2)40(50)47-23-24(17-30(47)38(43-28)68(57,58)59)44-64-14-8-16-65(52,53)15-7-11-46-36(48)22-35(66)41(46)51/h18-21,29-30,35,37-38,42-43,66H,3-17,22-23H2,1-2H3,(H,52,53)(H,54,55,56)(H,57,58,59)/b44-24+/t29-,30-,35?,37?,38?/m0/s1. The van der Waals surface area contributed by atoms with Gasteiger partial charge in [-0.15, -0.1) is 0 Å². The number of fused-ring (bicyclic) bond motifs is 4. The lowest BCUT2D eigenvalue weighted by atomic mass is 10.1. The second kappa shape index (κ2) is 21.0. The van der Waals surface area contributed by atoms with E-state index in [-0.39, 0.29) is 128 Å². The maximum Gasteiger partial charge on any atom is 0.288 e. The molecule has 5 heterocycles. The van der Waals surface area contributed by atoms with Gasteiger partial charge in [0.05, 0.1) is 79.5 Å². The van der Waals surface area contributed by atoms with Gasteiger partial charge in [-0.3, -0.25) is 37.7 Å². The van der Waals surface area contributed by atoms with Crippen molar-refractivity contribution >= 4 is 80.9 Å². The molecule has 5 aliphatic heterocycles. The van der Waals surface area contributed by atoms with Crippen molar-refractivity contribution < 1.29 is 78.4 Å². The quantitative estimate of drug-likeness (QED) is 0.0262. The van der Waals surface area contributed by atoms with Crippen molar-refractivity contribution in [1.82, 2.24) is 14.7 Å². The highest BCUT2D eigenvalue weighted by Gasteiger charge is 2.48. The number of ether oxygens (including phenoxy) is 4. The molecule has 0 saturated carbocycles. The molecule has 27 heteroatoms. The largest absolute Gasteiger partial charge is 0.493 e. The van der Waals surface area contributed by atoms with Crippen molar-refractivity contribution in [3.8, 4) is 23.0 Å². The lowest BCUT2D eigenvalue weighted by Crippen LogP contribution is -2.47.